The maximum absolute atomic E-state index is 13.1. The van der Waals surface area contributed by atoms with Crippen LogP contribution in [0.5, 0.6) is 0 Å². The van der Waals surface area contributed by atoms with Crippen molar-refractivity contribution in [3.8, 4) is 0 Å². The van der Waals surface area contributed by atoms with Crippen molar-refractivity contribution in [2.75, 3.05) is 6.54 Å². The first-order valence-electron chi connectivity index (χ1n) is 6.78. The highest BCUT2D eigenvalue weighted by Crippen LogP contribution is 2.15. The summed E-state index contributed by atoms with van der Waals surface area (Å²) in [5, 5.41) is 2.83. The number of hydrazine groups is 1. The van der Waals surface area contributed by atoms with Crippen LogP contribution in [0.4, 0.5) is 8.78 Å². The monoisotopic (exact) mass is 323 g/mol. The lowest BCUT2D eigenvalue weighted by Gasteiger charge is -2.14. The molecule has 6 nitrogen and oxygen atoms in total. The lowest BCUT2D eigenvalue weighted by Crippen LogP contribution is -2.45. The Kier molecular flexibility index (Phi) is 5.42. The predicted octanol–water partition coefficient (Wildman–Crippen LogP) is 1.67. The number of halogens is 2. The highest BCUT2D eigenvalue weighted by Gasteiger charge is 2.12. The van der Waals surface area contributed by atoms with Crippen molar-refractivity contribution in [1.82, 2.24) is 16.2 Å². The summed E-state index contributed by atoms with van der Waals surface area (Å²) < 4.78 is 30.9. The van der Waals surface area contributed by atoms with Gasteiger partial charge in [0, 0.05) is 6.04 Å². The Labute approximate surface area is 130 Å². The molecule has 0 bridgehead atoms. The van der Waals surface area contributed by atoms with E-state index in [0.29, 0.717) is 5.56 Å². The molecule has 0 fully saturated rings. The fourth-order valence-corrected chi connectivity index (χ4v) is 1.79. The Morgan fingerprint density at radius 3 is 2.61 bits per heavy atom. The standard InChI is InChI=1S/C15H15F2N3O3/c1-9(10-4-5-11(16)12(17)7-10)18-8-14(21)19-20-15(22)13-3-2-6-23-13/h2-7,9,18H,8H2,1H3,(H,19,21)(H,20,22)/t9-/m1/s1. The molecule has 23 heavy (non-hydrogen) atoms. The van der Waals surface area contributed by atoms with E-state index in [1.807, 2.05) is 0 Å². The Hall–Kier alpha value is -2.74. The van der Waals surface area contributed by atoms with Crippen LogP contribution in [0.25, 0.3) is 0 Å². The summed E-state index contributed by atoms with van der Waals surface area (Å²) in [5.74, 6) is -2.91. The van der Waals surface area contributed by atoms with Crippen LogP contribution in [0.3, 0.4) is 0 Å². The largest absolute Gasteiger partial charge is 0.459 e. The number of amides is 2. The van der Waals surface area contributed by atoms with Gasteiger partial charge >= 0.3 is 5.91 Å². The molecule has 0 spiro atoms. The SMILES string of the molecule is C[C@@H](NCC(=O)NNC(=O)c1ccco1)c1ccc(F)c(F)c1. The second kappa shape index (κ2) is 7.50. The van der Waals surface area contributed by atoms with Gasteiger partial charge in [0.25, 0.3) is 5.91 Å². The number of carbonyl (C=O) groups excluding carboxylic acids is 2. The summed E-state index contributed by atoms with van der Waals surface area (Å²) >= 11 is 0. The van der Waals surface area contributed by atoms with Gasteiger partial charge in [0.15, 0.2) is 17.4 Å². The maximum Gasteiger partial charge on any atom is 0.305 e. The minimum atomic E-state index is -0.952. The number of carbonyl (C=O) groups is 2. The van der Waals surface area contributed by atoms with Crippen LogP contribution in [0.2, 0.25) is 0 Å². The summed E-state index contributed by atoms with van der Waals surface area (Å²) in [6.07, 6.45) is 1.34. The van der Waals surface area contributed by atoms with Gasteiger partial charge < -0.3 is 9.73 Å². The van der Waals surface area contributed by atoms with Gasteiger partial charge in [-0.15, -0.1) is 0 Å². The Morgan fingerprint density at radius 2 is 1.96 bits per heavy atom. The average Bonchev–Trinajstić information content (AvgIpc) is 3.07. The average molecular weight is 323 g/mol. The number of hydrogen-bond donors (Lipinski definition) is 3. The lowest BCUT2D eigenvalue weighted by molar-refractivity contribution is -0.121. The third-order valence-electron chi connectivity index (χ3n) is 3.07. The van der Waals surface area contributed by atoms with Crippen molar-refractivity contribution in [2.45, 2.75) is 13.0 Å². The summed E-state index contributed by atoms with van der Waals surface area (Å²) in [7, 11) is 0. The summed E-state index contributed by atoms with van der Waals surface area (Å²) in [4.78, 5) is 23.1. The van der Waals surface area contributed by atoms with Gasteiger partial charge in [0.05, 0.1) is 12.8 Å². The number of rotatable bonds is 5. The molecule has 1 heterocycles. The molecule has 0 saturated heterocycles. The van der Waals surface area contributed by atoms with E-state index in [1.54, 1.807) is 13.0 Å². The normalized spacial score (nSPS) is 11.8. The van der Waals surface area contributed by atoms with Gasteiger partial charge in [-0.25, -0.2) is 8.78 Å². The lowest BCUT2D eigenvalue weighted by atomic mass is 10.1. The topological polar surface area (TPSA) is 83.4 Å². The maximum atomic E-state index is 13.1. The number of benzene rings is 1. The molecule has 1 aromatic carbocycles. The second-order valence-corrected chi connectivity index (χ2v) is 4.76. The summed E-state index contributed by atoms with van der Waals surface area (Å²) in [6, 6.07) is 6.12. The molecule has 122 valence electrons. The number of nitrogens with one attached hydrogen (secondary N) is 3. The molecule has 2 amide bonds. The predicted molar refractivity (Wildman–Crippen MR) is 77.1 cm³/mol. The van der Waals surface area contributed by atoms with E-state index < -0.39 is 23.4 Å². The molecular formula is C15H15F2N3O3. The minimum Gasteiger partial charge on any atom is -0.459 e. The van der Waals surface area contributed by atoms with E-state index in [-0.39, 0.29) is 18.3 Å². The van der Waals surface area contributed by atoms with E-state index in [4.69, 9.17) is 4.42 Å². The first-order chi connectivity index (χ1) is 11.0. The molecule has 0 radical (unpaired) electrons. The van der Waals surface area contributed by atoms with E-state index >= 15 is 0 Å². The molecule has 1 atom stereocenters. The van der Waals surface area contributed by atoms with Crippen LogP contribution >= 0.6 is 0 Å². The summed E-state index contributed by atoms with van der Waals surface area (Å²) in [5.41, 5.74) is 4.88. The Morgan fingerprint density at radius 1 is 1.17 bits per heavy atom. The Bertz CT molecular complexity index is 689. The van der Waals surface area contributed by atoms with Gasteiger partial charge in [-0.3, -0.25) is 20.4 Å². The van der Waals surface area contributed by atoms with Gasteiger partial charge in [0.2, 0.25) is 0 Å². The van der Waals surface area contributed by atoms with Gasteiger partial charge in [-0.1, -0.05) is 6.07 Å². The van der Waals surface area contributed by atoms with Crippen LogP contribution < -0.4 is 16.2 Å². The van der Waals surface area contributed by atoms with Crippen LogP contribution in [0.1, 0.15) is 29.1 Å². The molecule has 0 aliphatic carbocycles. The van der Waals surface area contributed by atoms with Crippen molar-refractivity contribution in [3.63, 3.8) is 0 Å². The second-order valence-electron chi connectivity index (χ2n) is 4.76. The van der Waals surface area contributed by atoms with E-state index in [2.05, 4.69) is 16.2 Å². The van der Waals surface area contributed by atoms with Crippen LogP contribution in [-0.4, -0.2) is 18.4 Å². The van der Waals surface area contributed by atoms with Crippen LogP contribution in [-0.2, 0) is 4.79 Å². The minimum absolute atomic E-state index is 0.0633. The zero-order valence-corrected chi connectivity index (χ0v) is 12.2. The molecule has 2 aromatic rings. The van der Waals surface area contributed by atoms with Crippen molar-refractivity contribution in [3.05, 3.63) is 59.6 Å². The molecule has 8 heteroatoms. The highest BCUT2D eigenvalue weighted by atomic mass is 19.2. The first-order valence-corrected chi connectivity index (χ1v) is 6.78. The molecule has 3 N–H and O–H groups in total. The Balaban J connectivity index is 1.77. The van der Waals surface area contributed by atoms with Crippen molar-refractivity contribution < 1.29 is 22.8 Å². The first kappa shape index (κ1) is 16.6. The third-order valence-corrected chi connectivity index (χ3v) is 3.07. The van der Waals surface area contributed by atoms with Crippen molar-refractivity contribution in [1.29, 1.82) is 0 Å². The van der Waals surface area contributed by atoms with Crippen molar-refractivity contribution in [2.24, 2.45) is 0 Å². The van der Waals surface area contributed by atoms with E-state index in [1.165, 1.54) is 18.4 Å². The zero-order valence-electron chi connectivity index (χ0n) is 12.2. The molecule has 0 aliphatic heterocycles. The highest BCUT2D eigenvalue weighted by molar-refractivity contribution is 5.93. The third kappa shape index (κ3) is 4.62. The number of hydrogen-bond acceptors (Lipinski definition) is 4. The molecule has 1 aromatic heterocycles. The van der Waals surface area contributed by atoms with Gasteiger partial charge in [-0.2, -0.15) is 0 Å². The van der Waals surface area contributed by atoms with E-state index in [0.717, 1.165) is 12.1 Å². The smallest absolute Gasteiger partial charge is 0.305 e. The summed E-state index contributed by atoms with van der Waals surface area (Å²) in [6.45, 7) is 1.57. The molecule has 0 saturated carbocycles. The molecule has 0 aliphatic rings. The fourth-order valence-electron chi connectivity index (χ4n) is 1.79. The quantitative estimate of drug-likeness (QED) is 0.731. The fraction of sp³-hybridized carbons (Fsp3) is 0.200. The molecule has 2 rings (SSSR count). The number of furan rings is 1. The van der Waals surface area contributed by atoms with E-state index in [9.17, 15) is 18.4 Å². The zero-order chi connectivity index (χ0) is 16.8. The van der Waals surface area contributed by atoms with Gasteiger partial charge in [0.1, 0.15) is 0 Å². The van der Waals surface area contributed by atoms with Crippen LogP contribution in [0.15, 0.2) is 41.0 Å². The van der Waals surface area contributed by atoms with Crippen molar-refractivity contribution >= 4 is 11.8 Å². The molecule has 0 unspecified atom stereocenters. The van der Waals surface area contributed by atoms with Gasteiger partial charge in [-0.05, 0) is 36.8 Å². The van der Waals surface area contributed by atoms with Crippen LogP contribution in [0, 0.1) is 11.6 Å². The molecular weight excluding hydrogens is 308 g/mol.